The molecule has 2 aromatic carbocycles. The molecule has 1 unspecified atom stereocenters. The van der Waals surface area contributed by atoms with Gasteiger partial charge >= 0.3 is 0 Å². The van der Waals surface area contributed by atoms with Gasteiger partial charge in [0.2, 0.25) is 20.0 Å². The highest BCUT2D eigenvalue weighted by Crippen LogP contribution is 2.28. The van der Waals surface area contributed by atoms with Gasteiger partial charge in [0.25, 0.3) is 0 Å². The Balaban J connectivity index is 1.40. The summed E-state index contributed by atoms with van der Waals surface area (Å²) >= 11 is 0. The van der Waals surface area contributed by atoms with Gasteiger partial charge in [-0.1, -0.05) is 32.4 Å². The highest BCUT2D eigenvalue weighted by Gasteiger charge is 2.32. The van der Waals surface area contributed by atoms with Crippen molar-refractivity contribution in [3.63, 3.8) is 0 Å². The van der Waals surface area contributed by atoms with Crippen LogP contribution in [0.1, 0.15) is 62.7 Å². The number of anilines is 1. The van der Waals surface area contributed by atoms with Crippen molar-refractivity contribution in [3.05, 3.63) is 54.1 Å². The van der Waals surface area contributed by atoms with E-state index in [1.165, 1.54) is 16.4 Å². The third-order valence-corrected chi connectivity index (χ3v) is 11.4. The molecule has 0 radical (unpaired) electrons. The Bertz CT molecular complexity index is 1300. The molecule has 2 aromatic rings. The van der Waals surface area contributed by atoms with Crippen molar-refractivity contribution in [2.24, 2.45) is 5.92 Å². The third-order valence-electron chi connectivity index (χ3n) is 7.49. The first-order valence-corrected chi connectivity index (χ1v) is 16.0. The third kappa shape index (κ3) is 6.25. The Kier molecular flexibility index (Phi) is 8.73. The molecule has 0 aromatic heterocycles. The predicted octanol–water partition coefficient (Wildman–Crippen LogP) is 4.36. The Morgan fingerprint density at radius 2 is 1.59 bits per heavy atom. The van der Waals surface area contributed by atoms with Crippen LogP contribution in [-0.2, 0) is 20.0 Å². The van der Waals surface area contributed by atoms with Crippen molar-refractivity contribution in [3.8, 4) is 0 Å². The van der Waals surface area contributed by atoms with Crippen LogP contribution in [0.3, 0.4) is 0 Å². The molecule has 0 aliphatic carbocycles. The minimum atomic E-state index is -3.64. The highest BCUT2D eigenvalue weighted by molar-refractivity contribution is 7.89. The SMILES string of the molecule is CCC1CCCCN1S(=O)(=O)c1ccc(NCC(=O)c2cccc(S(=O)(=O)N3CCC(C)CC3)c2)cc1. The van der Waals surface area contributed by atoms with E-state index >= 15 is 0 Å². The van der Waals surface area contributed by atoms with Crippen LogP contribution in [-0.4, -0.2) is 63.5 Å². The van der Waals surface area contributed by atoms with Gasteiger partial charge in [-0.05, 0) is 74.4 Å². The van der Waals surface area contributed by atoms with E-state index in [0.717, 1.165) is 38.5 Å². The lowest BCUT2D eigenvalue weighted by molar-refractivity contribution is 0.101. The van der Waals surface area contributed by atoms with E-state index in [1.54, 1.807) is 40.7 Å². The van der Waals surface area contributed by atoms with E-state index in [9.17, 15) is 21.6 Å². The molecule has 8 nitrogen and oxygen atoms in total. The van der Waals surface area contributed by atoms with E-state index in [1.807, 2.05) is 6.92 Å². The van der Waals surface area contributed by atoms with Crippen molar-refractivity contribution >= 4 is 31.5 Å². The number of Topliss-reactive ketones (excluding diaryl/α,β-unsaturated/α-hetero) is 1. The summed E-state index contributed by atoms with van der Waals surface area (Å²) in [5.74, 6) is 0.262. The fraction of sp³-hybridized carbons (Fsp3) is 0.519. The zero-order valence-electron chi connectivity index (χ0n) is 21.6. The number of piperidine rings is 2. The summed E-state index contributed by atoms with van der Waals surface area (Å²) in [4.78, 5) is 13.2. The van der Waals surface area contributed by atoms with Gasteiger partial charge < -0.3 is 5.32 Å². The number of carbonyl (C=O) groups excluding carboxylic acids is 1. The molecule has 2 aliphatic rings. The van der Waals surface area contributed by atoms with E-state index in [4.69, 9.17) is 0 Å². The minimum Gasteiger partial charge on any atom is -0.378 e. The number of sulfonamides is 2. The Morgan fingerprint density at radius 3 is 2.27 bits per heavy atom. The first-order chi connectivity index (χ1) is 17.6. The van der Waals surface area contributed by atoms with Crippen LogP contribution in [0.2, 0.25) is 0 Å². The topological polar surface area (TPSA) is 104 Å². The van der Waals surface area contributed by atoms with Gasteiger partial charge in [0.15, 0.2) is 5.78 Å². The number of ketones is 1. The van der Waals surface area contributed by atoms with Gasteiger partial charge in [-0.3, -0.25) is 4.79 Å². The molecular weight excluding hydrogens is 510 g/mol. The Morgan fingerprint density at radius 1 is 0.892 bits per heavy atom. The molecule has 37 heavy (non-hydrogen) atoms. The minimum absolute atomic E-state index is 0.0345. The van der Waals surface area contributed by atoms with Crippen LogP contribution in [0.15, 0.2) is 58.3 Å². The summed E-state index contributed by atoms with van der Waals surface area (Å²) in [5, 5.41) is 3.03. The maximum absolute atomic E-state index is 13.2. The molecule has 10 heteroatoms. The van der Waals surface area contributed by atoms with E-state index in [2.05, 4.69) is 12.2 Å². The second kappa shape index (κ2) is 11.6. The Hall–Kier alpha value is -2.27. The monoisotopic (exact) mass is 547 g/mol. The first-order valence-electron chi connectivity index (χ1n) is 13.1. The fourth-order valence-corrected chi connectivity index (χ4v) is 8.35. The highest BCUT2D eigenvalue weighted by atomic mass is 32.2. The largest absolute Gasteiger partial charge is 0.378 e. The smallest absolute Gasteiger partial charge is 0.243 e. The van der Waals surface area contributed by atoms with Crippen LogP contribution < -0.4 is 5.32 Å². The average Bonchev–Trinajstić information content (AvgIpc) is 2.92. The summed E-state index contributed by atoms with van der Waals surface area (Å²) < 4.78 is 55.6. The maximum atomic E-state index is 13.2. The van der Waals surface area contributed by atoms with Gasteiger partial charge in [0.05, 0.1) is 16.3 Å². The molecule has 2 aliphatic heterocycles. The quantitative estimate of drug-likeness (QED) is 0.468. The average molecular weight is 548 g/mol. The lowest BCUT2D eigenvalue weighted by Gasteiger charge is -2.34. The second-order valence-electron chi connectivity index (χ2n) is 10.1. The van der Waals surface area contributed by atoms with Crippen LogP contribution in [0, 0.1) is 5.92 Å². The van der Waals surface area contributed by atoms with Gasteiger partial charge in [-0.25, -0.2) is 16.8 Å². The summed E-state index contributed by atoms with van der Waals surface area (Å²) in [6, 6.07) is 12.7. The normalized spacial score (nSPS) is 20.5. The van der Waals surface area contributed by atoms with Crippen molar-refractivity contribution in [2.75, 3.05) is 31.5 Å². The summed E-state index contributed by atoms with van der Waals surface area (Å²) in [6.45, 7) is 5.63. The van der Waals surface area contributed by atoms with Gasteiger partial charge in [-0.2, -0.15) is 8.61 Å². The Labute approximate surface area is 221 Å². The number of nitrogens with zero attached hydrogens (tertiary/aromatic N) is 2. The van der Waals surface area contributed by atoms with Gasteiger partial charge in [0, 0.05) is 36.9 Å². The molecule has 0 spiro atoms. The first kappa shape index (κ1) is 27.8. The molecule has 0 saturated carbocycles. The van der Waals surface area contributed by atoms with Crippen molar-refractivity contribution < 1.29 is 21.6 Å². The van der Waals surface area contributed by atoms with Gasteiger partial charge in [-0.15, -0.1) is 0 Å². The lowest BCUT2D eigenvalue weighted by atomic mass is 10.0. The zero-order chi connectivity index (χ0) is 26.6. The van der Waals surface area contributed by atoms with E-state index in [0.29, 0.717) is 36.8 Å². The molecule has 202 valence electrons. The second-order valence-corrected chi connectivity index (χ2v) is 13.9. The number of carbonyl (C=O) groups is 1. The number of hydrogen-bond donors (Lipinski definition) is 1. The van der Waals surface area contributed by atoms with E-state index < -0.39 is 20.0 Å². The van der Waals surface area contributed by atoms with Crippen molar-refractivity contribution in [1.82, 2.24) is 8.61 Å². The van der Waals surface area contributed by atoms with Crippen LogP contribution >= 0.6 is 0 Å². The molecule has 1 N–H and O–H groups in total. The zero-order valence-corrected chi connectivity index (χ0v) is 23.2. The standard InChI is InChI=1S/C27H37N3O5S2/c1-3-24-8-4-5-16-30(24)37(34,35)25-12-10-23(11-13-25)28-20-27(31)22-7-6-9-26(19-22)36(32,33)29-17-14-21(2)15-18-29/h6-7,9-13,19,21,24,28H,3-5,8,14-18,20H2,1-2H3. The summed E-state index contributed by atoms with van der Waals surface area (Å²) in [7, 11) is -7.21. The lowest BCUT2D eigenvalue weighted by Crippen LogP contribution is -2.43. The number of rotatable bonds is 9. The van der Waals surface area contributed by atoms with E-state index in [-0.39, 0.29) is 28.2 Å². The van der Waals surface area contributed by atoms with Crippen molar-refractivity contribution in [1.29, 1.82) is 0 Å². The van der Waals surface area contributed by atoms with Gasteiger partial charge in [0.1, 0.15) is 0 Å². The molecule has 2 saturated heterocycles. The van der Waals surface area contributed by atoms with Crippen LogP contribution in [0.5, 0.6) is 0 Å². The maximum Gasteiger partial charge on any atom is 0.243 e. The molecule has 2 heterocycles. The molecule has 0 bridgehead atoms. The summed E-state index contributed by atoms with van der Waals surface area (Å²) in [6.07, 6.45) is 5.26. The number of hydrogen-bond acceptors (Lipinski definition) is 6. The molecule has 4 rings (SSSR count). The molecule has 0 amide bonds. The summed E-state index contributed by atoms with van der Waals surface area (Å²) in [5.41, 5.74) is 0.929. The predicted molar refractivity (Wildman–Crippen MR) is 145 cm³/mol. The molecule has 2 fully saturated rings. The number of benzene rings is 2. The fourth-order valence-electron chi connectivity index (χ4n) is 5.07. The van der Waals surface area contributed by atoms with Crippen LogP contribution in [0.4, 0.5) is 5.69 Å². The van der Waals surface area contributed by atoms with Crippen molar-refractivity contribution in [2.45, 2.75) is 68.2 Å². The number of nitrogens with one attached hydrogen (secondary N) is 1. The molecule has 1 atom stereocenters. The molecular formula is C27H37N3O5S2. The van der Waals surface area contributed by atoms with Crippen LogP contribution in [0.25, 0.3) is 0 Å².